The zero-order chi connectivity index (χ0) is 18.8. The monoisotopic (exact) mass is 359 g/mol. The number of carbonyl (C=O) groups is 1. The smallest absolute Gasteiger partial charge is 0.336 e. The number of aromatic nitrogens is 3. The fraction of sp³-hybridized carbons (Fsp3) is 0. The number of H-pyrrole nitrogens is 1. The highest BCUT2D eigenvalue weighted by Crippen LogP contribution is 2.37. The van der Waals surface area contributed by atoms with E-state index in [4.69, 9.17) is 0 Å². The summed E-state index contributed by atoms with van der Waals surface area (Å²) in [5, 5.41) is 9.73. The second-order valence-electron chi connectivity index (χ2n) is 5.93. The first-order chi connectivity index (χ1) is 13.1. The Bertz CT molecular complexity index is 1090. The maximum absolute atomic E-state index is 13.4. The molecule has 2 aromatic heterocycles. The molecule has 0 unspecified atom stereocenters. The van der Waals surface area contributed by atoms with Crippen LogP contribution in [0.5, 0.6) is 0 Å². The molecule has 6 heteroatoms. The quantitative estimate of drug-likeness (QED) is 0.556. The van der Waals surface area contributed by atoms with E-state index >= 15 is 0 Å². The lowest BCUT2D eigenvalue weighted by molar-refractivity contribution is 0.0697. The van der Waals surface area contributed by atoms with Crippen LogP contribution in [-0.2, 0) is 0 Å². The van der Waals surface area contributed by atoms with Crippen LogP contribution in [0.25, 0.3) is 33.6 Å². The van der Waals surface area contributed by atoms with Crippen molar-refractivity contribution in [2.75, 3.05) is 0 Å². The summed E-state index contributed by atoms with van der Waals surface area (Å²) in [4.78, 5) is 23.1. The van der Waals surface area contributed by atoms with Crippen molar-refractivity contribution < 1.29 is 14.3 Å². The van der Waals surface area contributed by atoms with Gasteiger partial charge < -0.3 is 10.1 Å². The number of imidazole rings is 1. The lowest BCUT2D eigenvalue weighted by atomic mass is 9.90. The van der Waals surface area contributed by atoms with E-state index in [1.165, 1.54) is 12.1 Å². The molecule has 0 fully saturated rings. The van der Waals surface area contributed by atoms with Crippen LogP contribution in [0.15, 0.2) is 73.3 Å². The number of benzene rings is 2. The number of hydrogen-bond donors (Lipinski definition) is 2. The minimum Gasteiger partial charge on any atom is -0.478 e. The zero-order valence-corrected chi connectivity index (χ0v) is 14.1. The number of aromatic amines is 1. The number of carboxylic acid groups (broad SMARTS) is 1. The van der Waals surface area contributed by atoms with Crippen molar-refractivity contribution >= 4 is 5.97 Å². The first-order valence-corrected chi connectivity index (χ1v) is 8.21. The average Bonchev–Trinajstić information content (AvgIpc) is 3.23. The van der Waals surface area contributed by atoms with E-state index in [9.17, 15) is 14.3 Å². The summed E-state index contributed by atoms with van der Waals surface area (Å²) in [6, 6.07) is 13.1. The van der Waals surface area contributed by atoms with E-state index in [1.807, 2.05) is 0 Å². The Morgan fingerprint density at radius 2 is 1.56 bits per heavy atom. The van der Waals surface area contributed by atoms with Gasteiger partial charge in [-0.2, -0.15) is 0 Å². The second-order valence-corrected chi connectivity index (χ2v) is 5.93. The van der Waals surface area contributed by atoms with Gasteiger partial charge in [-0.1, -0.05) is 12.1 Å². The molecule has 0 aliphatic rings. The standard InChI is InChI=1S/C21H14FN3O2/c22-15-3-1-13(2-4-15)16-11-18(20-24-9-10-25-20)19(21(26)27)12-17(16)14-5-7-23-8-6-14/h1-12H,(H,24,25)(H,26,27). The zero-order valence-electron chi connectivity index (χ0n) is 14.1. The van der Waals surface area contributed by atoms with Crippen LogP contribution in [0.2, 0.25) is 0 Å². The van der Waals surface area contributed by atoms with Crippen LogP contribution < -0.4 is 0 Å². The number of nitrogens with one attached hydrogen (secondary N) is 1. The summed E-state index contributed by atoms with van der Waals surface area (Å²) < 4.78 is 13.4. The van der Waals surface area contributed by atoms with Gasteiger partial charge in [-0.05, 0) is 58.7 Å². The molecular weight excluding hydrogens is 345 g/mol. The Labute approximate surface area is 154 Å². The molecule has 0 saturated carbocycles. The third-order valence-electron chi connectivity index (χ3n) is 4.29. The topological polar surface area (TPSA) is 78.9 Å². The Morgan fingerprint density at radius 3 is 2.19 bits per heavy atom. The van der Waals surface area contributed by atoms with Crippen LogP contribution in [0.1, 0.15) is 10.4 Å². The minimum absolute atomic E-state index is 0.127. The van der Waals surface area contributed by atoms with Gasteiger partial charge in [0.1, 0.15) is 11.6 Å². The van der Waals surface area contributed by atoms with Gasteiger partial charge >= 0.3 is 5.97 Å². The highest BCUT2D eigenvalue weighted by atomic mass is 19.1. The summed E-state index contributed by atoms with van der Waals surface area (Å²) >= 11 is 0. The molecule has 0 amide bonds. The molecule has 0 atom stereocenters. The Kier molecular flexibility index (Phi) is 4.22. The fourth-order valence-corrected chi connectivity index (χ4v) is 3.02. The molecule has 0 bridgehead atoms. The third-order valence-corrected chi connectivity index (χ3v) is 4.29. The van der Waals surface area contributed by atoms with Crippen LogP contribution >= 0.6 is 0 Å². The Balaban J connectivity index is 2.03. The van der Waals surface area contributed by atoms with Crippen molar-refractivity contribution in [1.29, 1.82) is 0 Å². The van der Waals surface area contributed by atoms with Gasteiger partial charge in [0.2, 0.25) is 0 Å². The van der Waals surface area contributed by atoms with E-state index in [-0.39, 0.29) is 11.4 Å². The van der Waals surface area contributed by atoms with E-state index in [1.54, 1.807) is 61.2 Å². The predicted octanol–water partition coefficient (Wildman–Crippen LogP) is 4.64. The molecule has 2 heterocycles. The van der Waals surface area contributed by atoms with Gasteiger partial charge in [0, 0.05) is 30.4 Å². The Hall–Kier alpha value is -3.80. The normalized spacial score (nSPS) is 10.7. The Morgan fingerprint density at radius 1 is 0.889 bits per heavy atom. The lowest BCUT2D eigenvalue weighted by Gasteiger charge is -2.15. The first-order valence-electron chi connectivity index (χ1n) is 8.21. The van der Waals surface area contributed by atoms with Crippen LogP contribution in [0.3, 0.4) is 0 Å². The van der Waals surface area contributed by atoms with E-state index in [2.05, 4.69) is 15.0 Å². The maximum Gasteiger partial charge on any atom is 0.336 e. The number of halogens is 1. The SMILES string of the molecule is O=C(O)c1cc(-c2ccncc2)c(-c2ccc(F)cc2)cc1-c1ncc[nH]1. The average molecular weight is 359 g/mol. The van der Waals surface area contributed by atoms with E-state index in [0.29, 0.717) is 11.4 Å². The summed E-state index contributed by atoms with van der Waals surface area (Å²) in [5.41, 5.74) is 3.67. The van der Waals surface area contributed by atoms with Crippen molar-refractivity contribution in [3.63, 3.8) is 0 Å². The molecule has 2 aromatic carbocycles. The molecule has 0 radical (unpaired) electrons. The molecule has 4 aromatic rings. The van der Waals surface area contributed by atoms with Gasteiger partial charge in [-0.3, -0.25) is 4.98 Å². The number of pyridine rings is 1. The summed E-state index contributed by atoms with van der Waals surface area (Å²) in [5.74, 6) is -0.933. The maximum atomic E-state index is 13.4. The van der Waals surface area contributed by atoms with Gasteiger partial charge in [0.15, 0.2) is 0 Å². The molecule has 132 valence electrons. The van der Waals surface area contributed by atoms with Gasteiger partial charge in [0.05, 0.1) is 5.56 Å². The molecule has 2 N–H and O–H groups in total. The molecular formula is C21H14FN3O2. The highest BCUT2D eigenvalue weighted by molar-refractivity contribution is 6.00. The van der Waals surface area contributed by atoms with Crippen molar-refractivity contribution in [2.24, 2.45) is 0 Å². The number of aromatic carboxylic acids is 1. The van der Waals surface area contributed by atoms with Crippen molar-refractivity contribution in [3.05, 3.63) is 84.7 Å². The summed E-state index contributed by atoms with van der Waals surface area (Å²) in [6.45, 7) is 0. The molecule has 4 rings (SSSR count). The van der Waals surface area contributed by atoms with Gasteiger partial charge in [0.25, 0.3) is 0 Å². The molecule has 0 aliphatic heterocycles. The van der Waals surface area contributed by atoms with Gasteiger partial charge in [-0.25, -0.2) is 14.2 Å². The van der Waals surface area contributed by atoms with Crippen LogP contribution in [0, 0.1) is 5.82 Å². The summed E-state index contributed by atoms with van der Waals surface area (Å²) in [7, 11) is 0. The van der Waals surface area contributed by atoms with E-state index < -0.39 is 5.97 Å². The molecule has 27 heavy (non-hydrogen) atoms. The number of rotatable bonds is 4. The third kappa shape index (κ3) is 3.20. The second kappa shape index (κ2) is 6.84. The molecule has 5 nitrogen and oxygen atoms in total. The number of nitrogens with zero attached hydrogens (tertiary/aromatic N) is 2. The lowest BCUT2D eigenvalue weighted by Crippen LogP contribution is -2.02. The molecule has 0 saturated heterocycles. The van der Waals surface area contributed by atoms with Crippen molar-refractivity contribution in [1.82, 2.24) is 15.0 Å². The minimum atomic E-state index is -1.05. The predicted molar refractivity (Wildman–Crippen MR) is 99.6 cm³/mol. The van der Waals surface area contributed by atoms with E-state index in [0.717, 1.165) is 22.3 Å². The van der Waals surface area contributed by atoms with Crippen molar-refractivity contribution in [2.45, 2.75) is 0 Å². The van der Waals surface area contributed by atoms with Crippen LogP contribution in [-0.4, -0.2) is 26.0 Å². The highest BCUT2D eigenvalue weighted by Gasteiger charge is 2.19. The largest absolute Gasteiger partial charge is 0.478 e. The first kappa shape index (κ1) is 16.7. The fourth-order valence-electron chi connectivity index (χ4n) is 3.02. The number of hydrogen-bond acceptors (Lipinski definition) is 3. The van der Waals surface area contributed by atoms with Gasteiger partial charge in [-0.15, -0.1) is 0 Å². The van der Waals surface area contributed by atoms with Crippen LogP contribution in [0.4, 0.5) is 4.39 Å². The molecule has 0 aliphatic carbocycles. The summed E-state index contributed by atoms with van der Waals surface area (Å²) in [6.07, 6.45) is 6.49. The number of carboxylic acids is 1. The van der Waals surface area contributed by atoms with Crippen molar-refractivity contribution in [3.8, 4) is 33.6 Å². The molecule has 0 spiro atoms.